The van der Waals surface area contributed by atoms with Gasteiger partial charge in [-0.25, -0.2) is 19.7 Å². The number of benzene rings is 1. The van der Waals surface area contributed by atoms with Crippen LogP contribution in [0.15, 0.2) is 59.0 Å². The predicted molar refractivity (Wildman–Crippen MR) is 74.9 cm³/mol. The molecule has 0 spiro atoms. The highest BCUT2D eigenvalue weighted by Crippen LogP contribution is 2.31. The molecule has 0 saturated heterocycles. The van der Waals surface area contributed by atoms with Crippen LogP contribution in [0, 0.1) is 0 Å². The largest absolute Gasteiger partial charge is 0.478 e. The van der Waals surface area contributed by atoms with Crippen LogP contribution in [0.3, 0.4) is 0 Å². The van der Waals surface area contributed by atoms with Gasteiger partial charge in [0.15, 0.2) is 0 Å². The summed E-state index contributed by atoms with van der Waals surface area (Å²) in [5, 5.41) is 11.2. The number of hydrogen-bond acceptors (Lipinski definition) is 5. The molecular weight excluding hydrogens is 274 g/mol. The van der Waals surface area contributed by atoms with Gasteiger partial charge in [0.2, 0.25) is 0 Å². The molecule has 3 rings (SSSR count). The monoisotopic (exact) mass is 283 g/mol. The van der Waals surface area contributed by atoms with E-state index >= 15 is 0 Å². The van der Waals surface area contributed by atoms with Gasteiger partial charge < -0.3 is 5.11 Å². The number of nitrogens with zero attached hydrogens (tertiary/aromatic N) is 3. The fourth-order valence-corrected chi connectivity index (χ4v) is 2.73. The fraction of sp³-hybridized carbons (Fsp3) is 0. The van der Waals surface area contributed by atoms with Crippen LogP contribution >= 0.6 is 11.8 Å². The zero-order chi connectivity index (χ0) is 13.9. The lowest BCUT2D eigenvalue weighted by molar-refractivity contribution is 0.0692. The summed E-state index contributed by atoms with van der Waals surface area (Å²) in [6.07, 6.45) is 3.03. The average molecular weight is 283 g/mol. The first-order valence-corrected chi connectivity index (χ1v) is 6.63. The SMILES string of the molecule is O=C(O)c1cccnc1Sc1ncnc2ccccc12. The molecule has 0 unspecified atom stereocenters. The Morgan fingerprint density at radius 1 is 1.00 bits per heavy atom. The van der Waals surface area contributed by atoms with E-state index < -0.39 is 5.97 Å². The summed E-state index contributed by atoms with van der Waals surface area (Å²) in [5.41, 5.74) is 0.984. The highest BCUT2D eigenvalue weighted by molar-refractivity contribution is 7.99. The van der Waals surface area contributed by atoms with E-state index in [0.717, 1.165) is 10.9 Å². The van der Waals surface area contributed by atoms with Crippen LogP contribution in [0.2, 0.25) is 0 Å². The minimum Gasteiger partial charge on any atom is -0.478 e. The molecule has 2 aromatic heterocycles. The van der Waals surface area contributed by atoms with E-state index in [-0.39, 0.29) is 5.56 Å². The van der Waals surface area contributed by atoms with E-state index in [9.17, 15) is 9.90 Å². The van der Waals surface area contributed by atoms with Crippen LogP contribution < -0.4 is 0 Å². The number of carbonyl (C=O) groups is 1. The summed E-state index contributed by atoms with van der Waals surface area (Å²) >= 11 is 1.23. The van der Waals surface area contributed by atoms with Crippen molar-refractivity contribution in [3.05, 3.63) is 54.5 Å². The maximum absolute atomic E-state index is 11.2. The Morgan fingerprint density at radius 3 is 2.70 bits per heavy atom. The summed E-state index contributed by atoms with van der Waals surface area (Å²) in [6, 6.07) is 10.7. The number of rotatable bonds is 3. The summed E-state index contributed by atoms with van der Waals surface area (Å²) in [5.74, 6) is -1.00. The average Bonchev–Trinajstić information content (AvgIpc) is 2.48. The van der Waals surface area contributed by atoms with Gasteiger partial charge in [0.05, 0.1) is 11.1 Å². The quantitative estimate of drug-likeness (QED) is 0.745. The molecule has 0 radical (unpaired) electrons. The smallest absolute Gasteiger partial charge is 0.338 e. The topological polar surface area (TPSA) is 76.0 Å². The molecule has 2 heterocycles. The van der Waals surface area contributed by atoms with Gasteiger partial charge in [-0.2, -0.15) is 0 Å². The Morgan fingerprint density at radius 2 is 1.85 bits per heavy atom. The number of hydrogen-bond donors (Lipinski definition) is 1. The van der Waals surface area contributed by atoms with E-state index in [4.69, 9.17) is 0 Å². The van der Waals surface area contributed by atoms with Crippen LogP contribution in [0.5, 0.6) is 0 Å². The van der Waals surface area contributed by atoms with Crippen molar-refractivity contribution in [2.24, 2.45) is 0 Å². The number of carboxylic acid groups (broad SMARTS) is 1. The van der Waals surface area contributed by atoms with Crippen molar-refractivity contribution >= 4 is 28.6 Å². The third-order valence-electron chi connectivity index (χ3n) is 2.70. The first kappa shape index (κ1) is 12.6. The zero-order valence-corrected chi connectivity index (χ0v) is 11.0. The Balaban J connectivity index is 2.08. The van der Waals surface area contributed by atoms with E-state index in [1.807, 2.05) is 24.3 Å². The molecule has 1 N–H and O–H groups in total. The second-order valence-corrected chi connectivity index (χ2v) is 4.94. The third-order valence-corrected chi connectivity index (χ3v) is 3.74. The predicted octanol–water partition coefficient (Wildman–Crippen LogP) is 2.87. The van der Waals surface area contributed by atoms with Crippen molar-refractivity contribution in [2.75, 3.05) is 0 Å². The van der Waals surface area contributed by atoms with Crippen LogP contribution in [0.1, 0.15) is 10.4 Å². The maximum Gasteiger partial charge on any atom is 0.338 e. The Labute approximate surface area is 118 Å². The molecule has 0 atom stereocenters. The van der Waals surface area contributed by atoms with Crippen molar-refractivity contribution in [1.29, 1.82) is 0 Å². The molecule has 20 heavy (non-hydrogen) atoms. The molecule has 5 nitrogen and oxygen atoms in total. The number of aromatic carboxylic acids is 1. The van der Waals surface area contributed by atoms with Gasteiger partial charge in [-0.15, -0.1) is 0 Å². The van der Waals surface area contributed by atoms with Gasteiger partial charge >= 0.3 is 5.97 Å². The lowest BCUT2D eigenvalue weighted by atomic mass is 10.2. The second kappa shape index (κ2) is 5.26. The number of aromatic nitrogens is 3. The lowest BCUT2D eigenvalue weighted by Crippen LogP contribution is -2.00. The molecule has 98 valence electrons. The normalized spacial score (nSPS) is 10.6. The summed E-state index contributed by atoms with van der Waals surface area (Å²) < 4.78 is 0. The fourth-order valence-electron chi connectivity index (χ4n) is 1.79. The summed E-state index contributed by atoms with van der Waals surface area (Å²) in [6.45, 7) is 0. The van der Waals surface area contributed by atoms with Gasteiger partial charge in [0, 0.05) is 11.6 Å². The van der Waals surface area contributed by atoms with Crippen molar-refractivity contribution in [1.82, 2.24) is 15.0 Å². The van der Waals surface area contributed by atoms with Gasteiger partial charge in [0.25, 0.3) is 0 Å². The highest BCUT2D eigenvalue weighted by Gasteiger charge is 2.14. The number of para-hydroxylation sites is 1. The van der Waals surface area contributed by atoms with E-state index in [2.05, 4.69) is 15.0 Å². The van der Waals surface area contributed by atoms with Crippen molar-refractivity contribution in [3.8, 4) is 0 Å². The van der Waals surface area contributed by atoms with Crippen molar-refractivity contribution < 1.29 is 9.90 Å². The number of carboxylic acids is 1. The Bertz CT molecular complexity index is 787. The van der Waals surface area contributed by atoms with Gasteiger partial charge in [0.1, 0.15) is 16.4 Å². The van der Waals surface area contributed by atoms with E-state index in [0.29, 0.717) is 10.1 Å². The summed E-state index contributed by atoms with van der Waals surface area (Å²) in [4.78, 5) is 23.7. The van der Waals surface area contributed by atoms with Crippen LogP contribution in [-0.2, 0) is 0 Å². The second-order valence-electron chi connectivity index (χ2n) is 3.96. The first-order chi connectivity index (χ1) is 9.75. The number of pyridine rings is 1. The lowest BCUT2D eigenvalue weighted by Gasteiger charge is -2.06. The van der Waals surface area contributed by atoms with Gasteiger partial charge in [-0.1, -0.05) is 18.2 Å². The van der Waals surface area contributed by atoms with E-state index in [1.54, 1.807) is 12.3 Å². The van der Waals surface area contributed by atoms with E-state index in [1.165, 1.54) is 24.2 Å². The van der Waals surface area contributed by atoms with Crippen molar-refractivity contribution in [2.45, 2.75) is 10.1 Å². The zero-order valence-electron chi connectivity index (χ0n) is 10.2. The molecule has 0 aliphatic carbocycles. The molecule has 6 heteroatoms. The Kier molecular flexibility index (Phi) is 3.30. The number of fused-ring (bicyclic) bond motifs is 1. The molecule has 1 aromatic carbocycles. The van der Waals surface area contributed by atoms with Crippen LogP contribution in [-0.4, -0.2) is 26.0 Å². The van der Waals surface area contributed by atoms with Gasteiger partial charge in [-0.3, -0.25) is 0 Å². The molecule has 0 aliphatic rings. The first-order valence-electron chi connectivity index (χ1n) is 5.81. The molecule has 0 saturated carbocycles. The van der Waals surface area contributed by atoms with Crippen molar-refractivity contribution in [3.63, 3.8) is 0 Å². The molecule has 0 amide bonds. The highest BCUT2D eigenvalue weighted by atomic mass is 32.2. The third kappa shape index (κ3) is 2.33. The van der Waals surface area contributed by atoms with Gasteiger partial charge in [-0.05, 0) is 30.0 Å². The Hall–Kier alpha value is -2.47. The molecule has 0 fully saturated rings. The molecule has 0 bridgehead atoms. The van der Waals surface area contributed by atoms with Crippen LogP contribution in [0.25, 0.3) is 10.9 Å². The molecule has 0 aliphatic heterocycles. The summed E-state index contributed by atoms with van der Waals surface area (Å²) in [7, 11) is 0. The standard InChI is InChI=1S/C14H9N3O2S/c18-14(19)10-5-3-7-15-13(10)20-12-9-4-1-2-6-11(9)16-8-17-12/h1-8H,(H,18,19). The maximum atomic E-state index is 11.2. The molecular formula is C14H9N3O2S. The minimum atomic E-state index is -1.00. The van der Waals surface area contributed by atoms with Crippen LogP contribution in [0.4, 0.5) is 0 Å². The molecule has 3 aromatic rings. The minimum absolute atomic E-state index is 0.167.